The van der Waals surface area contributed by atoms with E-state index in [1.54, 1.807) is 33.6 Å². The molecule has 7 heteroatoms. The van der Waals surface area contributed by atoms with Gasteiger partial charge in [0.05, 0.1) is 24.0 Å². The maximum Gasteiger partial charge on any atom is 0.262 e. The molecule has 3 aromatic rings. The molecule has 3 aromatic heterocycles. The Morgan fingerprint density at radius 3 is 2.70 bits per heavy atom. The van der Waals surface area contributed by atoms with Crippen molar-refractivity contribution in [1.29, 1.82) is 0 Å². The van der Waals surface area contributed by atoms with Gasteiger partial charge in [-0.2, -0.15) is 0 Å². The lowest BCUT2D eigenvalue weighted by Crippen LogP contribution is -2.21. The smallest absolute Gasteiger partial charge is 0.262 e. The van der Waals surface area contributed by atoms with Crippen molar-refractivity contribution in [3.05, 3.63) is 41.6 Å². The summed E-state index contributed by atoms with van der Waals surface area (Å²) in [5.41, 5.74) is 2.02. The summed E-state index contributed by atoms with van der Waals surface area (Å²) in [4.78, 5) is 24.4. The number of halogens is 1. The fourth-order valence-corrected chi connectivity index (χ4v) is 4.70. The van der Waals surface area contributed by atoms with E-state index in [-0.39, 0.29) is 5.56 Å². The van der Waals surface area contributed by atoms with Crippen molar-refractivity contribution in [2.45, 2.75) is 27.3 Å². The van der Waals surface area contributed by atoms with E-state index in [1.807, 2.05) is 20.8 Å². The molecule has 0 aromatic carbocycles. The van der Waals surface area contributed by atoms with Gasteiger partial charge in [0, 0.05) is 9.75 Å². The molecule has 0 bridgehead atoms. The van der Waals surface area contributed by atoms with Crippen molar-refractivity contribution in [3.63, 3.8) is 0 Å². The first-order chi connectivity index (χ1) is 9.47. The highest BCUT2D eigenvalue weighted by molar-refractivity contribution is 9.11. The van der Waals surface area contributed by atoms with E-state index in [2.05, 4.69) is 25.9 Å². The Balaban J connectivity index is 2.13. The number of aromatic nitrogens is 3. The number of fused-ring (bicyclic) bond motifs is 1. The monoisotopic (exact) mass is 369 g/mol. The second kappa shape index (κ2) is 5.05. The standard InChI is InChI=1S/C13H12BrN3OS2/c1-6-8(3)19-11-10(6)12(18)17(5-15-11)4-9-7(2)16-13(14)20-9/h5H,4H2,1-3H3. The quantitative estimate of drug-likeness (QED) is 0.692. The van der Waals surface area contributed by atoms with Gasteiger partial charge in [0.25, 0.3) is 5.56 Å². The van der Waals surface area contributed by atoms with E-state index in [9.17, 15) is 4.79 Å². The molecule has 0 aliphatic carbocycles. The van der Waals surface area contributed by atoms with Crippen molar-refractivity contribution in [2.75, 3.05) is 0 Å². The molecule has 0 amide bonds. The van der Waals surface area contributed by atoms with Gasteiger partial charge in [0.15, 0.2) is 3.92 Å². The molecular weight excluding hydrogens is 358 g/mol. The Bertz CT molecular complexity index is 862. The van der Waals surface area contributed by atoms with Gasteiger partial charge in [0.1, 0.15) is 4.83 Å². The number of rotatable bonds is 2. The number of aryl methyl sites for hydroxylation is 3. The zero-order valence-corrected chi connectivity index (χ0v) is 14.4. The fraction of sp³-hybridized carbons (Fsp3) is 0.308. The summed E-state index contributed by atoms with van der Waals surface area (Å²) < 4.78 is 2.50. The molecule has 0 N–H and O–H groups in total. The first-order valence-electron chi connectivity index (χ1n) is 6.04. The highest BCUT2D eigenvalue weighted by Crippen LogP contribution is 2.26. The summed E-state index contributed by atoms with van der Waals surface area (Å²) in [7, 11) is 0. The molecule has 3 rings (SSSR count). The third-order valence-corrected chi connectivity index (χ3v) is 6.05. The number of hydrogen-bond donors (Lipinski definition) is 0. The van der Waals surface area contributed by atoms with Crippen molar-refractivity contribution in [2.24, 2.45) is 0 Å². The number of nitrogens with zero attached hydrogens (tertiary/aromatic N) is 3. The zero-order chi connectivity index (χ0) is 14.4. The maximum atomic E-state index is 12.6. The molecule has 104 valence electrons. The minimum Gasteiger partial charge on any atom is -0.293 e. The van der Waals surface area contributed by atoms with Crippen LogP contribution in [0.15, 0.2) is 15.0 Å². The largest absolute Gasteiger partial charge is 0.293 e. The van der Waals surface area contributed by atoms with Crippen LogP contribution in [0.5, 0.6) is 0 Å². The van der Waals surface area contributed by atoms with Crippen molar-refractivity contribution in [1.82, 2.24) is 14.5 Å². The molecule has 0 aliphatic heterocycles. The minimum atomic E-state index is 0.0285. The summed E-state index contributed by atoms with van der Waals surface area (Å²) >= 11 is 6.50. The lowest BCUT2D eigenvalue weighted by molar-refractivity contribution is 0.753. The van der Waals surface area contributed by atoms with Crippen LogP contribution in [0.3, 0.4) is 0 Å². The Kier molecular flexibility index (Phi) is 3.51. The molecule has 0 saturated carbocycles. The van der Waals surface area contributed by atoms with Gasteiger partial charge in [-0.1, -0.05) is 0 Å². The first kappa shape index (κ1) is 13.9. The molecule has 0 spiro atoms. The Morgan fingerprint density at radius 2 is 2.05 bits per heavy atom. The molecule has 0 atom stereocenters. The van der Waals surface area contributed by atoms with E-state index in [4.69, 9.17) is 0 Å². The summed E-state index contributed by atoms with van der Waals surface area (Å²) in [5, 5.41) is 0.747. The van der Waals surface area contributed by atoms with Crippen molar-refractivity contribution in [3.8, 4) is 0 Å². The average Bonchev–Trinajstić information content (AvgIpc) is 2.85. The highest BCUT2D eigenvalue weighted by atomic mass is 79.9. The fourth-order valence-electron chi connectivity index (χ4n) is 2.08. The first-order valence-corrected chi connectivity index (χ1v) is 8.47. The van der Waals surface area contributed by atoms with Gasteiger partial charge in [-0.15, -0.1) is 22.7 Å². The molecular formula is C13H12BrN3OS2. The highest BCUT2D eigenvalue weighted by Gasteiger charge is 2.13. The van der Waals surface area contributed by atoms with E-state index in [0.717, 1.165) is 35.1 Å². The number of hydrogen-bond acceptors (Lipinski definition) is 5. The predicted molar refractivity (Wildman–Crippen MR) is 87.0 cm³/mol. The molecule has 0 radical (unpaired) electrons. The van der Waals surface area contributed by atoms with Gasteiger partial charge in [-0.3, -0.25) is 9.36 Å². The third-order valence-electron chi connectivity index (χ3n) is 3.34. The zero-order valence-electron chi connectivity index (χ0n) is 11.2. The molecule has 0 saturated heterocycles. The van der Waals surface area contributed by atoms with Gasteiger partial charge >= 0.3 is 0 Å². The number of thiazole rings is 1. The lowest BCUT2D eigenvalue weighted by atomic mass is 10.2. The van der Waals surface area contributed by atoms with Gasteiger partial charge in [-0.05, 0) is 42.3 Å². The molecule has 3 heterocycles. The van der Waals surface area contributed by atoms with Gasteiger partial charge in [-0.25, -0.2) is 9.97 Å². The topological polar surface area (TPSA) is 47.8 Å². The predicted octanol–water partition coefficient (Wildman–Crippen LogP) is 3.65. The van der Waals surface area contributed by atoms with Crippen LogP contribution in [0.1, 0.15) is 21.0 Å². The van der Waals surface area contributed by atoms with Crippen LogP contribution in [0.2, 0.25) is 0 Å². The normalized spacial score (nSPS) is 11.4. The second-order valence-corrected chi connectivity index (χ2v) is 8.18. The summed E-state index contributed by atoms with van der Waals surface area (Å²) in [6.07, 6.45) is 1.63. The van der Waals surface area contributed by atoms with Crippen LogP contribution in [0.4, 0.5) is 0 Å². The van der Waals surface area contributed by atoms with E-state index >= 15 is 0 Å². The third kappa shape index (κ3) is 2.23. The van der Waals surface area contributed by atoms with Crippen LogP contribution in [0.25, 0.3) is 10.2 Å². The van der Waals surface area contributed by atoms with Gasteiger partial charge in [0.2, 0.25) is 0 Å². The van der Waals surface area contributed by atoms with E-state index in [1.165, 1.54) is 0 Å². The maximum absolute atomic E-state index is 12.6. The molecule has 0 fully saturated rings. The van der Waals surface area contributed by atoms with E-state index in [0.29, 0.717) is 6.54 Å². The number of thiophene rings is 1. The van der Waals surface area contributed by atoms with Crippen molar-refractivity contribution < 1.29 is 0 Å². The Labute approximate surface area is 132 Å². The van der Waals surface area contributed by atoms with Crippen molar-refractivity contribution >= 4 is 48.8 Å². The van der Waals surface area contributed by atoms with Crippen LogP contribution in [-0.2, 0) is 6.54 Å². The lowest BCUT2D eigenvalue weighted by Gasteiger charge is -2.04. The summed E-state index contributed by atoms with van der Waals surface area (Å²) in [6, 6.07) is 0. The molecule has 0 aliphatic rings. The molecule has 20 heavy (non-hydrogen) atoms. The summed E-state index contributed by atoms with van der Waals surface area (Å²) in [5.74, 6) is 0. The van der Waals surface area contributed by atoms with Gasteiger partial charge < -0.3 is 0 Å². The Hall–Kier alpha value is -1.05. The SMILES string of the molecule is Cc1nc(Br)sc1Cn1cnc2sc(C)c(C)c2c1=O. The van der Waals surface area contributed by atoms with E-state index < -0.39 is 0 Å². The summed E-state index contributed by atoms with van der Waals surface area (Å²) in [6.45, 7) is 6.48. The van der Waals surface area contributed by atoms with Crippen LogP contribution >= 0.6 is 38.6 Å². The van der Waals surface area contributed by atoms with Crippen LogP contribution in [-0.4, -0.2) is 14.5 Å². The average molecular weight is 370 g/mol. The molecule has 0 unspecified atom stereocenters. The second-order valence-electron chi connectivity index (χ2n) is 4.62. The Morgan fingerprint density at radius 1 is 1.30 bits per heavy atom. The van der Waals surface area contributed by atoms with Crippen LogP contribution < -0.4 is 5.56 Å². The van der Waals surface area contributed by atoms with Crippen LogP contribution in [0, 0.1) is 20.8 Å². The molecule has 4 nitrogen and oxygen atoms in total. The minimum absolute atomic E-state index is 0.0285.